The van der Waals surface area contributed by atoms with Gasteiger partial charge in [0.05, 0.1) is 0 Å². The maximum atomic E-state index is 12.5. The van der Waals surface area contributed by atoms with E-state index in [-0.39, 0.29) is 11.2 Å². The van der Waals surface area contributed by atoms with Gasteiger partial charge in [0.1, 0.15) is 17.4 Å². The van der Waals surface area contributed by atoms with Gasteiger partial charge >= 0.3 is 0 Å². The fourth-order valence-electron chi connectivity index (χ4n) is 3.10. The molecule has 0 unspecified atom stereocenters. The van der Waals surface area contributed by atoms with Crippen molar-refractivity contribution in [3.63, 3.8) is 0 Å². The topological polar surface area (TPSA) is 59.8 Å². The normalized spacial score (nSPS) is 20.1. The quantitative estimate of drug-likeness (QED) is 0.915. The lowest BCUT2D eigenvalue weighted by atomic mass is 10.0. The molecule has 2 aliphatic rings. The van der Waals surface area contributed by atoms with Gasteiger partial charge < -0.3 is 9.88 Å². The van der Waals surface area contributed by atoms with Crippen molar-refractivity contribution in [1.82, 2.24) is 20.1 Å². The van der Waals surface area contributed by atoms with Crippen molar-refractivity contribution < 1.29 is 4.79 Å². The van der Waals surface area contributed by atoms with Crippen molar-refractivity contribution in [1.29, 1.82) is 0 Å². The number of carbonyl (C=O) groups excluding carboxylic acids is 1. The van der Waals surface area contributed by atoms with E-state index in [9.17, 15) is 4.79 Å². The number of aryl methyl sites for hydroxylation is 1. The highest BCUT2D eigenvalue weighted by molar-refractivity contribution is 8.00. The Morgan fingerprint density at radius 3 is 3.09 bits per heavy atom. The Morgan fingerprint density at radius 2 is 2.22 bits per heavy atom. The zero-order chi connectivity index (χ0) is 15.6. The van der Waals surface area contributed by atoms with Crippen LogP contribution < -0.4 is 5.32 Å². The van der Waals surface area contributed by atoms with Gasteiger partial charge in [-0.05, 0) is 36.1 Å². The molecule has 0 bridgehead atoms. The monoisotopic (exact) mass is 328 g/mol. The van der Waals surface area contributed by atoms with Crippen LogP contribution in [0.1, 0.15) is 41.1 Å². The van der Waals surface area contributed by atoms with E-state index in [0.29, 0.717) is 12.6 Å². The van der Waals surface area contributed by atoms with Gasteiger partial charge in [-0.1, -0.05) is 24.3 Å². The van der Waals surface area contributed by atoms with E-state index in [0.717, 1.165) is 24.4 Å². The first-order chi connectivity index (χ1) is 11.3. The molecule has 0 spiro atoms. The molecule has 0 saturated heterocycles. The average molecular weight is 328 g/mol. The molecule has 0 radical (unpaired) electrons. The van der Waals surface area contributed by atoms with Crippen molar-refractivity contribution in [3.05, 3.63) is 47.5 Å². The summed E-state index contributed by atoms with van der Waals surface area (Å²) in [6, 6.07) is 8.86. The Balaban J connectivity index is 1.36. The summed E-state index contributed by atoms with van der Waals surface area (Å²) in [7, 11) is 0. The predicted octanol–water partition coefficient (Wildman–Crippen LogP) is 2.30. The second-order valence-corrected chi connectivity index (χ2v) is 7.34. The molecule has 1 fully saturated rings. The fraction of sp³-hybridized carbons (Fsp3) is 0.471. The van der Waals surface area contributed by atoms with E-state index in [1.54, 1.807) is 11.8 Å². The number of aromatic nitrogens is 3. The highest BCUT2D eigenvalue weighted by Crippen LogP contribution is 2.37. The van der Waals surface area contributed by atoms with Crippen LogP contribution in [0, 0.1) is 0 Å². The van der Waals surface area contributed by atoms with Gasteiger partial charge in [0.2, 0.25) is 5.91 Å². The molecule has 5 nitrogen and oxygen atoms in total. The predicted molar refractivity (Wildman–Crippen MR) is 90.4 cm³/mol. The Morgan fingerprint density at radius 1 is 1.35 bits per heavy atom. The van der Waals surface area contributed by atoms with Crippen LogP contribution in [-0.4, -0.2) is 33.0 Å². The molecule has 1 saturated carbocycles. The number of nitrogens with one attached hydrogen (secondary N) is 1. The summed E-state index contributed by atoms with van der Waals surface area (Å²) in [4.78, 5) is 12.5. The summed E-state index contributed by atoms with van der Waals surface area (Å²) >= 11 is 1.73. The Labute approximate surface area is 139 Å². The first-order valence-electron chi connectivity index (χ1n) is 8.18. The van der Waals surface area contributed by atoms with E-state index in [1.165, 1.54) is 24.0 Å². The molecule has 2 heterocycles. The molecule has 23 heavy (non-hydrogen) atoms. The van der Waals surface area contributed by atoms with E-state index in [1.807, 2.05) is 12.4 Å². The lowest BCUT2D eigenvalue weighted by Gasteiger charge is -2.24. The van der Waals surface area contributed by atoms with Crippen LogP contribution in [0.25, 0.3) is 0 Å². The average Bonchev–Trinajstić information content (AvgIpc) is 3.33. The van der Waals surface area contributed by atoms with Crippen LogP contribution in [0.15, 0.2) is 30.6 Å². The van der Waals surface area contributed by atoms with Crippen molar-refractivity contribution in [2.24, 2.45) is 0 Å². The number of fused-ring (bicyclic) bond motifs is 1. The molecule has 6 heteroatoms. The lowest BCUT2D eigenvalue weighted by molar-refractivity contribution is -0.120. The number of rotatable bonds is 5. The first kappa shape index (κ1) is 14.8. The van der Waals surface area contributed by atoms with Gasteiger partial charge in [0, 0.05) is 19.0 Å². The molecule has 1 aromatic heterocycles. The third-order valence-electron chi connectivity index (χ3n) is 4.47. The number of nitrogens with zero attached hydrogens (tertiary/aromatic N) is 3. The van der Waals surface area contributed by atoms with Crippen LogP contribution >= 0.6 is 11.8 Å². The number of hydrogen-bond donors (Lipinski definition) is 1. The van der Waals surface area contributed by atoms with Crippen LogP contribution in [0.5, 0.6) is 0 Å². The van der Waals surface area contributed by atoms with Crippen molar-refractivity contribution in [3.8, 4) is 0 Å². The zero-order valence-electron chi connectivity index (χ0n) is 12.9. The summed E-state index contributed by atoms with van der Waals surface area (Å²) in [5, 5.41) is 11.2. The molecule has 1 aliphatic carbocycles. The summed E-state index contributed by atoms with van der Waals surface area (Å²) in [6.45, 7) is 0.615. The Bertz CT molecular complexity index is 710. The molecular formula is C17H20N4OS. The highest BCUT2D eigenvalue weighted by Gasteiger charge is 2.28. The van der Waals surface area contributed by atoms with Crippen LogP contribution in [0.3, 0.4) is 0 Å². The van der Waals surface area contributed by atoms with Crippen LogP contribution in [-0.2, 0) is 17.6 Å². The minimum absolute atomic E-state index is 0.0822. The summed E-state index contributed by atoms with van der Waals surface area (Å²) in [5.74, 6) is 2.09. The first-order valence-corrected chi connectivity index (χ1v) is 9.23. The number of hydrogen-bond acceptors (Lipinski definition) is 4. The third kappa shape index (κ3) is 3.13. The highest BCUT2D eigenvalue weighted by atomic mass is 32.2. The summed E-state index contributed by atoms with van der Waals surface area (Å²) in [5.41, 5.74) is 2.47. The molecule has 1 aliphatic heterocycles. The van der Waals surface area contributed by atoms with E-state index < -0.39 is 0 Å². The van der Waals surface area contributed by atoms with Gasteiger partial charge in [-0.2, -0.15) is 0 Å². The zero-order valence-corrected chi connectivity index (χ0v) is 13.8. The number of amides is 1. The molecule has 4 rings (SSSR count). The van der Waals surface area contributed by atoms with Gasteiger partial charge in [0.25, 0.3) is 0 Å². The van der Waals surface area contributed by atoms with Gasteiger partial charge in [0.15, 0.2) is 0 Å². The standard InChI is InChI=1S/C17H20N4OS/c22-17(16-14-4-2-1-3-12(14)8-10-23-16)18-9-7-15-20-19-11-21(15)13-5-6-13/h1-4,11,13,16H,5-10H2,(H,18,22)/t16-/m0/s1. The van der Waals surface area contributed by atoms with Gasteiger partial charge in [-0.15, -0.1) is 22.0 Å². The molecule has 1 aromatic carbocycles. The van der Waals surface area contributed by atoms with Gasteiger partial charge in [-0.25, -0.2) is 0 Å². The SMILES string of the molecule is O=C(NCCc1nncn1C1CC1)[C@H]1SCCc2ccccc21. The molecule has 2 aromatic rings. The van der Waals surface area contributed by atoms with E-state index in [2.05, 4.69) is 38.3 Å². The van der Waals surface area contributed by atoms with Crippen molar-refractivity contribution in [2.75, 3.05) is 12.3 Å². The molecule has 120 valence electrons. The van der Waals surface area contributed by atoms with Crippen LogP contribution in [0.2, 0.25) is 0 Å². The number of carbonyl (C=O) groups is 1. The Hall–Kier alpha value is -1.82. The lowest BCUT2D eigenvalue weighted by Crippen LogP contribution is -2.32. The van der Waals surface area contributed by atoms with Gasteiger partial charge in [-0.3, -0.25) is 4.79 Å². The smallest absolute Gasteiger partial charge is 0.237 e. The number of benzene rings is 1. The second kappa shape index (κ2) is 6.35. The minimum Gasteiger partial charge on any atom is -0.354 e. The minimum atomic E-state index is -0.0822. The Kier molecular flexibility index (Phi) is 4.08. The van der Waals surface area contributed by atoms with E-state index >= 15 is 0 Å². The number of thioether (sulfide) groups is 1. The third-order valence-corrected chi connectivity index (χ3v) is 5.71. The van der Waals surface area contributed by atoms with Crippen molar-refractivity contribution >= 4 is 17.7 Å². The maximum Gasteiger partial charge on any atom is 0.237 e. The maximum absolute atomic E-state index is 12.5. The van der Waals surface area contributed by atoms with Crippen LogP contribution in [0.4, 0.5) is 0 Å². The second-order valence-electron chi connectivity index (χ2n) is 6.13. The molecular weight excluding hydrogens is 308 g/mol. The van der Waals surface area contributed by atoms with Crippen molar-refractivity contribution in [2.45, 2.75) is 37.0 Å². The van der Waals surface area contributed by atoms with E-state index in [4.69, 9.17) is 0 Å². The molecule has 1 N–H and O–H groups in total. The summed E-state index contributed by atoms with van der Waals surface area (Å²) in [6.07, 6.45) is 6.03. The largest absolute Gasteiger partial charge is 0.354 e. The molecule has 1 atom stereocenters. The fourth-order valence-corrected chi connectivity index (χ4v) is 4.32. The molecule has 1 amide bonds. The summed E-state index contributed by atoms with van der Waals surface area (Å²) < 4.78 is 2.15.